The third-order valence-corrected chi connectivity index (χ3v) is 3.46. The Morgan fingerprint density at radius 2 is 2.12 bits per heavy atom. The molecule has 1 aliphatic rings. The van der Waals surface area contributed by atoms with Crippen LogP contribution >= 0.6 is 15.9 Å². The highest BCUT2D eigenvalue weighted by atomic mass is 79.9. The van der Waals surface area contributed by atoms with Crippen LogP contribution in [0, 0.1) is 5.92 Å². The first-order valence-electron chi connectivity index (χ1n) is 5.52. The second-order valence-corrected chi connectivity index (χ2v) is 4.83. The van der Waals surface area contributed by atoms with Crippen LogP contribution in [-0.2, 0) is 0 Å². The Morgan fingerprint density at radius 1 is 1.38 bits per heavy atom. The molecule has 0 atom stereocenters. The molecule has 0 radical (unpaired) electrons. The van der Waals surface area contributed by atoms with Crippen LogP contribution in [0.5, 0.6) is 0 Å². The number of nitrogens with zero attached hydrogens (tertiary/aromatic N) is 2. The lowest BCUT2D eigenvalue weighted by Crippen LogP contribution is -2.12. The molecular formula is C10H16BrN5. The Balaban J connectivity index is 1.82. The maximum atomic E-state index is 5.32. The fourth-order valence-corrected chi connectivity index (χ4v) is 2.06. The molecule has 1 heterocycles. The van der Waals surface area contributed by atoms with E-state index in [1.807, 2.05) is 0 Å². The molecule has 0 amide bonds. The zero-order valence-electron chi connectivity index (χ0n) is 9.04. The van der Waals surface area contributed by atoms with Gasteiger partial charge >= 0.3 is 0 Å². The smallest absolute Gasteiger partial charge is 0.159 e. The predicted octanol–water partition coefficient (Wildman–Crippen LogP) is 2.13. The SMILES string of the molecule is NNc1ncnc(NCCCC2CC2)c1Br. The summed E-state index contributed by atoms with van der Waals surface area (Å²) in [6.45, 7) is 0.941. The van der Waals surface area contributed by atoms with Gasteiger partial charge in [-0.3, -0.25) is 0 Å². The molecule has 0 bridgehead atoms. The lowest BCUT2D eigenvalue weighted by molar-refractivity contribution is 0.686. The van der Waals surface area contributed by atoms with Gasteiger partial charge in [0.25, 0.3) is 0 Å². The molecule has 0 aromatic carbocycles. The second-order valence-electron chi connectivity index (χ2n) is 4.04. The molecule has 0 unspecified atom stereocenters. The molecule has 0 spiro atoms. The number of nitrogens with one attached hydrogen (secondary N) is 2. The summed E-state index contributed by atoms with van der Waals surface area (Å²) in [5.74, 6) is 7.70. The molecule has 6 heteroatoms. The summed E-state index contributed by atoms with van der Waals surface area (Å²) in [5.41, 5.74) is 2.52. The van der Waals surface area contributed by atoms with Crippen molar-refractivity contribution in [2.24, 2.45) is 11.8 Å². The first-order chi connectivity index (χ1) is 7.81. The largest absolute Gasteiger partial charge is 0.369 e. The van der Waals surface area contributed by atoms with E-state index in [-0.39, 0.29) is 0 Å². The van der Waals surface area contributed by atoms with Crippen molar-refractivity contribution in [3.05, 3.63) is 10.8 Å². The van der Waals surface area contributed by atoms with Crippen molar-refractivity contribution >= 4 is 27.6 Å². The van der Waals surface area contributed by atoms with Gasteiger partial charge in [0.15, 0.2) is 5.82 Å². The number of hydrazine groups is 1. The van der Waals surface area contributed by atoms with E-state index >= 15 is 0 Å². The summed E-state index contributed by atoms with van der Waals surface area (Å²) in [6, 6.07) is 0. The fourth-order valence-electron chi connectivity index (χ4n) is 1.60. The van der Waals surface area contributed by atoms with Crippen molar-refractivity contribution in [1.29, 1.82) is 0 Å². The number of hydrogen-bond donors (Lipinski definition) is 3. The zero-order chi connectivity index (χ0) is 11.4. The topological polar surface area (TPSA) is 75.9 Å². The first kappa shape index (κ1) is 11.6. The molecule has 0 aliphatic heterocycles. The number of halogens is 1. The maximum absolute atomic E-state index is 5.32. The standard InChI is InChI=1S/C10H16BrN5/c11-8-9(14-6-15-10(8)16-12)13-5-1-2-7-3-4-7/h6-7H,1-5,12H2,(H2,13,14,15,16). The maximum Gasteiger partial charge on any atom is 0.159 e. The van der Waals surface area contributed by atoms with E-state index in [2.05, 4.69) is 36.6 Å². The van der Waals surface area contributed by atoms with Gasteiger partial charge in [-0.1, -0.05) is 12.8 Å². The summed E-state index contributed by atoms with van der Waals surface area (Å²) < 4.78 is 0.781. The Bertz CT molecular complexity index is 353. The van der Waals surface area contributed by atoms with Crippen molar-refractivity contribution in [1.82, 2.24) is 9.97 Å². The molecule has 0 saturated heterocycles. The van der Waals surface area contributed by atoms with Gasteiger partial charge in [0.05, 0.1) is 0 Å². The molecule has 16 heavy (non-hydrogen) atoms. The van der Waals surface area contributed by atoms with Gasteiger partial charge in [0.1, 0.15) is 16.6 Å². The van der Waals surface area contributed by atoms with Gasteiger partial charge in [0.2, 0.25) is 0 Å². The van der Waals surface area contributed by atoms with Gasteiger partial charge in [-0.05, 0) is 34.7 Å². The number of hydrogen-bond acceptors (Lipinski definition) is 5. The number of nitrogens with two attached hydrogens (primary N) is 1. The number of anilines is 2. The highest BCUT2D eigenvalue weighted by Gasteiger charge is 2.20. The van der Waals surface area contributed by atoms with Crippen LogP contribution in [0.4, 0.5) is 11.6 Å². The van der Waals surface area contributed by atoms with Crippen molar-refractivity contribution in [2.45, 2.75) is 25.7 Å². The summed E-state index contributed by atoms with van der Waals surface area (Å²) in [7, 11) is 0. The van der Waals surface area contributed by atoms with E-state index in [4.69, 9.17) is 5.84 Å². The van der Waals surface area contributed by atoms with Crippen LogP contribution < -0.4 is 16.6 Å². The molecule has 2 rings (SSSR count). The summed E-state index contributed by atoms with van der Waals surface area (Å²) >= 11 is 3.40. The lowest BCUT2D eigenvalue weighted by atomic mass is 10.2. The van der Waals surface area contributed by atoms with Crippen LogP contribution in [0.1, 0.15) is 25.7 Å². The Labute approximate surface area is 103 Å². The molecule has 1 aliphatic carbocycles. The van der Waals surface area contributed by atoms with E-state index in [1.54, 1.807) is 0 Å². The molecule has 4 N–H and O–H groups in total. The first-order valence-corrected chi connectivity index (χ1v) is 6.31. The average molecular weight is 286 g/mol. The molecule has 1 aromatic rings. The minimum absolute atomic E-state index is 0.597. The normalized spacial score (nSPS) is 14.9. The van der Waals surface area contributed by atoms with Crippen LogP contribution in [0.15, 0.2) is 10.8 Å². The average Bonchev–Trinajstić information content (AvgIpc) is 3.10. The molecule has 1 fully saturated rings. The third kappa shape index (κ3) is 3.05. The van der Waals surface area contributed by atoms with Crippen LogP contribution in [0.3, 0.4) is 0 Å². The highest BCUT2D eigenvalue weighted by molar-refractivity contribution is 9.10. The van der Waals surface area contributed by atoms with Crippen molar-refractivity contribution < 1.29 is 0 Å². The Kier molecular flexibility index (Phi) is 3.95. The van der Waals surface area contributed by atoms with E-state index in [0.29, 0.717) is 5.82 Å². The van der Waals surface area contributed by atoms with E-state index in [9.17, 15) is 0 Å². The van der Waals surface area contributed by atoms with Crippen molar-refractivity contribution in [2.75, 3.05) is 17.3 Å². The predicted molar refractivity (Wildman–Crippen MR) is 68.0 cm³/mol. The molecular weight excluding hydrogens is 270 g/mol. The monoisotopic (exact) mass is 285 g/mol. The highest BCUT2D eigenvalue weighted by Crippen LogP contribution is 2.33. The minimum Gasteiger partial charge on any atom is -0.369 e. The Morgan fingerprint density at radius 3 is 2.81 bits per heavy atom. The van der Waals surface area contributed by atoms with Crippen molar-refractivity contribution in [3.8, 4) is 0 Å². The quantitative estimate of drug-likeness (QED) is 0.424. The van der Waals surface area contributed by atoms with Crippen LogP contribution in [0.2, 0.25) is 0 Å². The zero-order valence-corrected chi connectivity index (χ0v) is 10.6. The van der Waals surface area contributed by atoms with E-state index in [0.717, 1.165) is 22.8 Å². The summed E-state index contributed by atoms with van der Waals surface area (Å²) in [5, 5.41) is 3.28. The molecule has 1 saturated carbocycles. The molecule has 88 valence electrons. The molecule has 1 aromatic heterocycles. The minimum atomic E-state index is 0.597. The fraction of sp³-hybridized carbons (Fsp3) is 0.600. The van der Waals surface area contributed by atoms with Gasteiger partial charge in [-0.2, -0.15) is 0 Å². The third-order valence-electron chi connectivity index (χ3n) is 2.70. The van der Waals surface area contributed by atoms with E-state index < -0.39 is 0 Å². The lowest BCUT2D eigenvalue weighted by Gasteiger charge is -2.09. The summed E-state index contributed by atoms with van der Waals surface area (Å²) in [4.78, 5) is 8.14. The second kappa shape index (κ2) is 5.45. The van der Waals surface area contributed by atoms with Crippen LogP contribution in [-0.4, -0.2) is 16.5 Å². The number of nitrogen functional groups attached to an aromatic ring is 1. The summed E-state index contributed by atoms with van der Waals surface area (Å²) in [6.07, 6.45) is 6.82. The van der Waals surface area contributed by atoms with E-state index in [1.165, 1.54) is 32.0 Å². The number of rotatable bonds is 6. The van der Waals surface area contributed by atoms with Gasteiger partial charge in [-0.25, -0.2) is 15.8 Å². The van der Waals surface area contributed by atoms with Gasteiger partial charge < -0.3 is 10.7 Å². The number of aromatic nitrogens is 2. The van der Waals surface area contributed by atoms with Crippen LogP contribution in [0.25, 0.3) is 0 Å². The van der Waals surface area contributed by atoms with Gasteiger partial charge in [-0.15, -0.1) is 0 Å². The molecule has 5 nitrogen and oxygen atoms in total. The van der Waals surface area contributed by atoms with Gasteiger partial charge in [0, 0.05) is 6.54 Å². The Hall–Kier alpha value is -0.880. The van der Waals surface area contributed by atoms with Crippen molar-refractivity contribution in [3.63, 3.8) is 0 Å².